The van der Waals surface area contributed by atoms with E-state index in [0.29, 0.717) is 5.41 Å². The predicted octanol–water partition coefficient (Wildman–Crippen LogP) is 2.97. The zero-order valence-corrected chi connectivity index (χ0v) is 13.9. The largest absolute Gasteiger partial charge is 0.319 e. The topological polar surface area (TPSA) is 28.2 Å². The molecule has 0 spiro atoms. The first-order valence-corrected chi connectivity index (χ1v) is 8.37. The molecule has 1 aromatic heterocycles. The van der Waals surface area contributed by atoms with Crippen molar-refractivity contribution in [3.63, 3.8) is 0 Å². The smallest absolute Gasteiger partial charge is 0.0416 e. The molecule has 21 heavy (non-hydrogen) atoms. The highest BCUT2D eigenvalue weighted by Crippen LogP contribution is 2.39. The summed E-state index contributed by atoms with van der Waals surface area (Å²) in [6, 6.07) is 6.19. The number of rotatable bonds is 7. The van der Waals surface area contributed by atoms with Crippen molar-refractivity contribution in [3.8, 4) is 0 Å². The van der Waals surface area contributed by atoms with Gasteiger partial charge in [-0.1, -0.05) is 25.8 Å². The van der Waals surface area contributed by atoms with E-state index in [-0.39, 0.29) is 0 Å². The van der Waals surface area contributed by atoms with E-state index in [1.54, 1.807) is 0 Å². The van der Waals surface area contributed by atoms with E-state index < -0.39 is 0 Å². The van der Waals surface area contributed by atoms with Gasteiger partial charge in [0.1, 0.15) is 0 Å². The molecule has 0 bridgehead atoms. The number of hydrogen-bond donors (Lipinski definition) is 1. The summed E-state index contributed by atoms with van der Waals surface area (Å²) in [5.41, 5.74) is 1.66. The van der Waals surface area contributed by atoms with Crippen LogP contribution in [0.4, 0.5) is 0 Å². The van der Waals surface area contributed by atoms with Crippen molar-refractivity contribution in [2.45, 2.75) is 39.0 Å². The van der Waals surface area contributed by atoms with Crippen LogP contribution in [0.5, 0.6) is 0 Å². The molecule has 1 fully saturated rings. The number of likely N-dealkylation sites (N-methyl/N-ethyl adjacent to an activating group) is 1. The second-order valence-electron chi connectivity index (χ2n) is 7.04. The standard InChI is InChI=1S/C18H31N3/c1-16-7-6-10-18(13-16,14-19-2)15-21(3)12-9-17-8-4-5-11-20-17/h4-5,8,11,16,19H,6-7,9-10,12-15H2,1-3H3. The van der Waals surface area contributed by atoms with Crippen LogP contribution in [0.3, 0.4) is 0 Å². The summed E-state index contributed by atoms with van der Waals surface area (Å²) in [6.45, 7) is 5.85. The quantitative estimate of drug-likeness (QED) is 0.836. The highest BCUT2D eigenvalue weighted by Gasteiger charge is 2.35. The molecule has 3 nitrogen and oxygen atoms in total. The number of nitrogens with one attached hydrogen (secondary N) is 1. The Morgan fingerprint density at radius 2 is 2.29 bits per heavy atom. The highest BCUT2D eigenvalue weighted by molar-refractivity contribution is 5.03. The van der Waals surface area contributed by atoms with Gasteiger partial charge in [0, 0.05) is 37.9 Å². The molecule has 0 amide bonds. The monoisotopic (exact) mass is 289 g/mol. The van der Waals surface area contributed by atoms with Gasteiger partial charge < -0.3 is 10.2 Å². The third-order valence-corrected chi connectivity index (χ3v) is 4.82. The Balaban J connectivity index is 1.87. The van der Waals surface area contributed by atoms with Gasteiger partial charge in [0.2, 0.25) is 0 Å². The second-order valence-corrected chi connectivity index (χ2v) is 7.04. The van der Waals surface area contributed by atoms with Gasteiger partial charge >= 0.3 is 0 Å². The van der Waals surface area contributed by atoms with Crippen LogP contribution in [0, 0.1) is 11.3 Å². The van der Waals surface area contributed by atoms with Crippen LogP contribution in [-0.2, 0) is 6.42 Å². The molecule has 0 radical (unpaired) electrons. The Bertz CT molecular complexity index is 402. The van der Waals surface area contributed by atoms with Gasteiger partial charge in [-0.2, -0.15) is 0 Å². The van der Waals surface area contributed by atoms with Gasteiger partial charge in [-0.05, 0) is 50.4 Å². The van der Waals surface area contributed by atoms with E-state index in [9.17, 15) is 0 Å². The van der Waals surface area contributed by atoms with Crippen LogP contribution in [0.2, 0.25) is 0 Å². The first-order chi connectivity index (χ1) is 10.1. The molecule has 1 aliphatic rings. The van der Waals surface area contributed by atoms with E-state index in [2.05, 4.69) is 48.4 Å². The molecular formula is C18H31N3. The first kappa shape index (κ1) is 16.4. The fourth-order valence-electron chi connectivity index (χ4n) is 4.01. The fraction of sp³-hybridized carbons (Fsp3) is 0.722. The summed E-state index contributed by atoms with van der Waals surface area (Å²) < 4.78 is 0. The Morgan fingerprint density at radius 3 is 2.95 bits per heavy atom. The predicted molar refractivity (Wildman–Crippen MR) is 89.4 cm³/mol. The summed E-state index contributed by atoms with van der Waals surface area (Å²) in [4.78, 5) is 6.93. The minimum Gasteiger partial charge on any atom is -0.319 e. The summed E-state index contributed by atoms with van der Waals surface area (Å²) in [5, 5.41) is 3.44. The Labute approximate surface area is 130 Å². The van der Waals surface area contributed by atoms with Crippen molar-refractivity contribution in [3.05, 3.63) is 30.1 Å². The maximum atomic E-state index is 4.42. The average Bonchev–Trinajstić information content (AvgIpc) is 2.46. The van der Waals surface area contributed by atoms with Crippen molar-refractivity contribution in [2.75, 3.05) is 33.7 Å². The van der Waals surface area contributed by atoms with Crippen LogP contribution >= 0.6 is 0 Å². The number of aromatic nitrogens is 1. The van der Waals surface area contributed by atoms with E-state index in [0.717, 1.165) is 25.4 Å². The van der Waals surface area contributed by atoms with Crippen molar-refractivity contribution >= 4 is 0 Å². The summed E-state index contributed by atoms with van der Waals surface area (Å²) in [6.07, 6.45) is 8.46. The molecule has 0 saturated heterocycles. The zero-order valence-electron chi connectivity index (χ0n) is 13.9. The zero-order chi connectivity index (χ0) is 15.1. The molecule has 1 saturated carbocycles. The average molecular weight is 289 g/mol. The van der Waals surface area contributed by atoms with Gasteiger partial charge in [0.05, 0.1) is 0 Å². The normalized spacial score (nSPS) is 26.2. The van der Waals surface area contributed by atoms with E-state index >= 15 is 0 Å². The molecule has 2 unspecified atom stereocenters. The minimum atomic E-state index is 0.464. The molecule has 0 aliphatic heterocycles. The minimum absolute atomic E-state index is 0.464. The maximum absolute atomic E-state index is 4.42. The van der Waals surface area contributed by atoms with Crippen LogP contribution in [0.1, 0.15) is 38.3 Å². The van der Waals surface area contributed by atoms with Gasteiger partial charge in [-0.3, -0.25) is 4.98 Å². The Kier molecular flexibility index (Phi) is 6.19. The molecule has 1 heterocycles. The third kappa shape index (κ3) is 5.08. The molecule has 0 aromatic carbocycles. The van der Waals surface area contributed by atoms with Crippen molar-refractivity contribution in [1.29, 1.82) is 0 Å². The van der Waals surface area contributed by atoms with Gasteiger partial charge in [-0.25, -0.2) is 0 Å². The molecule has 2 atom stereocenters. The van der Waals surface area contributed by atoms with Crippen LogP contribution in [0.15, 0.2) is 24.4 Å². The van der Waals surface area contributed by atoms with Gasteiger partial charge in [0.15, 0.2) is 0 Å². The third-order valence-electron chi connectivity index (χ3n) is 4.82. The second kappa shape index (κ2) is 7.90. The Morgan fingerprint density at radius 1 is 1.43 bits per heavy atom. The van der Waals surface area contributed by atoms with Crippen molar-refractivity contribution < 1.29 is 0 Å². The molecule has 3 heteroatoms. The molecule has 2 rings (SSSR count). The van der Waals surface area contributed by atoms with Gasteiger partial charge in [-0.15, -0.1) is 0 Å². The lowest BCUT2D eigenvalue weighted by molar-refractivity contribution is 0.0943. The van der Waals surface area contributed by atoms with Gasteiger partial charge in [0.25, 0.3) is 0 Å². The summed E-state index contributed by atoms with van der Waals surface area (Å²) in [7, 11) is 4.36. The van der Waals surface area contributed by atoms with E-state index in [1.165, 1.54) is 37.9 Å². The SMILES string of the molecule is CNCC1(CN(C)CCc2ccccn2)CCCC(C)C1. The molecule has 1 aliphatic carbocycles. The lowest BCUT2D eigenvalue weighted by atomic mass is 9.69. The Hall–Kier alpha value is -0.930. The summed E-state index contributed by atoms with van der Waals surface area (Å²) >= 11 is 0. The number of hydrogen-bond acceptors (Lipinski definition) is 3. The molecule has 118 valence electrons. The van der Waals surface area contributed by atoms with Crippen LogP contribution in [-0.4, -0.2) is 43.6 Å². The van der Waals surface area contributed by atoms with Crippen LogP contribution in [0.25, 0.3) is 0 Å². The number of nitrogens with zero attached hydrogens (tertiary/aromatic N) is 2. The fourth-order valence-corrected chi connectivity index (χ4v) is 4.01. The van der Waals surface area contributed by atoms with Crippen molar-refractivity contribution in [1.82, 2.24) is 15.2 Å². The maximum Gasteiger partial charge on any atom is 0.0416 e. The number of pyridine rings is 1. The molecular weight excluding hydrogens is 258 g/mol. The highest BCUT2D eigenvalue weighted by atomic mass is 15.1. The summed E-state index contributed by atoms with van der Waals surface area (Å²) in [5.74, 6) is 0.872. The van der Waals surface area contributed by atoms with E-state index in [1.807, 2.05) is 12.3 Å². The lowest BCUT2D eigenvalue weighted by Gasteiger charge is -2.42. The molecule has 1 aromatic rings. The van der Waals surface area contributed by atoms with Crippen molar-refractivity contribution in [2.24, 2.45) is 11.3 Å². The van der Waals surface area contributed by atoms with Crippen LogP contribution < -0.4 is 5.32 Å². The first-order valence-electron chi connectivity index (χ1n) is 8.37. The van der Waals surface area contributed by atoms with E-state index in [4.69, 9.17) is 0 Å². The lowest BCUT2D eigenvalue weighted by Crippen LogP contribution is -2.45. The molecule has 1 N–H and O–H groups in total.